The molecule has 1 aromatic heterocycles. The van der Waals surface area contributed by atoms with E-state index < -0.39 is 0 Å². The highest BCUT2D eigenvalue weighted by molar-refractivity contribution is 5.43. The largest absolute Gasteiger partial charge is 0.361 e. The number of aromatic nitrogens is 3. The van der Waals surface area contributed by atoms with Gasteiger partial charge in [0, 0.05) is 19.8 Å². The molecule has 0 bridgehead atoms. The fourth-order valence-electron chi connectivity index (χ4n) is 3.90. The van der Waals surface area contributed by atoms with Gasteiger partial charge in [-0.15, -0.1) is 0 Å². The van der Waals surface area contributed by atoms with Crippen LogP contribution in [0.2, 0.25) is 0 Å². The molecular weight excluding hydrogens is 576 g/mol. The molecule has 12 heteroatoms. The van der Waals surface area contributed by atoms with Gasteiger partial charge in [0.25, 0.3) is 11.9 Å². The van der Waals surface area contributed by atoms with Crippen LogP contribution in [0.25, 0.3) is 0 Å². The van der Waals surface area contributed by atoms with E-state index in [9.17, 15) is 0 Å². The van der Waals surface area contributed by atoms with E-state index in [4.69, 9.17) is 43.7 Å². The molecule has 1 rings (SSSR count). The number of rotatable bonds is 33. The lowest BCUT2D eigenvalue weighted by Crippen LogP contribution is -2.35. The highest BCUT2D eigenvalue weighted by Crippen LogP contribution is 2.22. The molecule has 0 aliphatic carbocycles. The molecule has 12 nitrogen and oxygen atoms in total. The van der Waals surface area contributed by atoms with Crippen LogP contribution in [0, 0.1) is 0 Å². The molecule has 0 unspecified atom stereocenters. The highest BCUT2D eigenvalue weighted by Gasteiger charge is 2.23. The van der Waals surface area contributed by atoms with Gasteiger partial charge in [0.05, 0.1) is 19.8 Å². The van der Waals surface area contributed by atoms with Crippen LogP contribution in [-0.4, -0.2) is 74.8 Å². The predicted octanol–water partition coefficient (Wildman–Crippen LogP) is 7.98. The molecule has 0 atom stereocenters. The van der Waals surface area contributed by atoms with Gasteiger partial charge in [0.1, 0.15) is 20.2 Å². The fourth-order valence-corrected chi connectivity index (χ4v) is 3.90. The zero-order valence-electron chi connectivity index (χ0n) is 29.6. The van der Waals surface area contributed by atoms with Crippen LogP contribution in [0.3, 0.4) is 0 Å². The van der Waals surface area contributed by atoms with Crippen LogP contribution >= 0.6 is 0 Å². The molecule has 0 amide bonds. The number of ether oxygens (including phenoxy) is 3. The molecule has 45 heavy (non-hydrogen) atoms. The normalized spacial score (nSPS) is 11.3. The smallest absolute Gasteiger partial charge is 0.284 e. The Bertz CT molecular complexity index is 648. The van der Waals surface area contributed by atoms with Gasteiger partial charge in [-0.05, 0) is 38.5 Å². The average molecular weight is 643 g/mol. The van der Waals surface area contributed by atoms with Crippen molar-refractivity contribution in [1.82, 2.24) is 15.0 Å². The second kappa shape index (κ2) is 29.6. The number of anilines is 3. The van der Waals surface area contributed by atoms with Gasteiger partial charge in [-0.2, -0.15) is 20.0 Å². The Labute approximate surface area is 274 Å². The van der Waals surface area contributed by atoms with Gasteiger partial charge in [-0.1, -0.05) is 105 Å². The third-order valence-corrected chi connectivity index (χ3v) is 6.81. The number of hydrogen-bond acceptors (Lipinski definition) is 12. The minimum Gasteiger partial charge on any atom is -0.361 e. The van der Waals surface area contributed by atoms with Crippen LogP contribution in [0.5, 0.6) is 0 Å². The molecule has 0 fully saturated rings. The van der Waals surface area contributed by atoms with E-state index in [1.807, 2.05) is 4.90 Å². The molecule has 0 saturated heterocycles. The maximum Gasteiger partial charge on any atom is 0.284 e. The number of unbranched alkanes of at least 4 members (excludes halogenated alkanes) is 9. The van der Waals surface area contributed by atoms with E-state index >= 15 is 0 Å². The monoisotopic (exact) mass is 643 g/mol. The Hall–Kier alpha value is -1.83. The van der Waals surface area contributed by atoms with Crippen LogP contribution < -0.4 is 15.2 Å². The van der Waals surface area contributed by atoms with Gasteiger partial charge in [0.2, 0.25) is 5.95 Å². The quantitative estimate of drug-likeness (QED) is 0.0422. The Morgan fingerprint density at radius 3 is 1.27 bits per heavy atom. The second-order valence-electron chi connectivity index (χ2n) is 11.2. The lowest BCUT2D eigenvalue weighted by Gasteiger charge is -2.27. The lowest BCUT2D eigenvalue weighted by atomic mass is 10.3. The summed E-state index contributed by atoms with van der Waals surface area (Å²) < 4.78 is 18.0. The third kappa shape index (κ3) is 20.1. The Kier molecular flexibility index (Phi) is 27.1. The number of nitrogens with zero attached hydrogens (tertiary/aromatic N) is 6. The summed E-state index contributed by atoms with van der Waals surface area (Å²) >= 11 is 0. The Morgan fingerprint density at radius 2 is 0.800 bits per heavy atom. The SMILES string of the molecule is CCCCCON(COCCCC)c1nc(N(COCCCC)COCCCC)nc(N(OCCCCC)OCCCCC)n1. The van der Waals surface area contributed by atoms with Crippen molar-refractivity contribution < 1.29 is 28.7 Å². The van der Waals surface area contributed by atoms with Crippen LogP contribution in [0.1, 0.15) is 138 Å². The summed E-state index contributed by atoms with van der Waals surface area (Å²) in [6.07, 6.45) is 15.2. The van der Waals surface area contributed by atoms with E-state index in [0.717, 1.165) is 96.3 Å². The van der Waals surface area contributed by atoms with E-state index in [0.29, 0.717) is 51.5 Å². The molecular formula is C33H66N6O6. The van der Waals surface area contributed by atoms with Crippen LogP contribution in [-0.2, 0) is 28.7 Å². The molecule has 0 aliphatic rings. The molecule has 1 aromatic rings. The van der Waals surface area contributed by atoms with Crippen LogP contribution in [0.4, 0.5) is 17.8 Å². The maximum atomic E-state index is 6.21. The van der Waals surface area contributed by atoms with Crippen molar-refractivity contribution in [3.8, 4) is 0 Å². The topological polar surface area (TPSA) is 104 Å². The molecule has 0 N–H and O–H groups in total. The summed E-state index contributed by atoms with van der Waals surface area (Å²) in [4.78, 5) is 34.8. The minimum absolute atomic E-state index is 0.184. The first kappa shape index (κ1) is 41.2. The fraction of sp³-hybridized carbons (Fsp3) is 0.909. The molecule has 0 aliphatic heterocycles. The molecule has 1 heterocycles. The highest BCUT2D eigenvalue weighted by atomic mass is 16.9. The summed E-state index contributed by atoms with van der Waals surface area (Å²) in [7, 11) is 0. The lowest BCUT2D eigenvalue weighted by molar-refractivity contribution is -0.0947. The summed E-state index contributed by atoms with van der Waals surface area (Å²) in [5.41, 5.74) is 0. The van der Waals surface area contributed by atoms with E-state index in [-0.39, 0.29) is 26.1 Å². The van der Waals surface area contributed by atoms with Gasteiger partial charge < -0.3 is 14.2 Å². The van der Waals surface area contributed by atoms with Gasteiger partial charge in [0.15, 0.2) is 0 Å². The molecule has 0 aromatic carbocycles. The van der Waals surface area contributed by atoms with Gasteiger partial charge >= 0.3 is 0 Å². The zero-order chi connectivity index (χ0) is 32.8. The summed E-state index contributed by atoms with van der Waals surface area (Å²) in [6.45, 7) is 17.1. The molecule has 0 spiro atoms. The van der Waals surface area contributed by atoms with E-state index in [1.54, 1.807) is 5.06 Å². The van der Waals surface area contributed by atoms with E-state index in [2.05, 4.69) is 41.5 Å². The van der Waals surface area contributed by atoms with Crippen molar-refractivity contribution in [2.24, 2.45) is 0 Å². The standard InChI is InChI=1S/C33H66N6O6/c1-7-13-19-25-43-38(30-42-24-18-12-6)32-34-31(37(28-40-22-16-10-4)29-41-23-17-11-5)35-33(36-32)39(44-26-20-14-8-2)45-27-21-15-9-3/h7-30H2,1-6H3. The molecule has 0 saturated carbocycles. The summed E-state index contributed by atoms with van der Waals surface area (Å²) in [5, 5.41) is 2.96. The number of hydroxylamine groups is 1. The summed E-state index contributed by atoms with van der Waals surface area (Å²) in [5.74, 6) is 0.943. The van der Waals surface area contributed by atoms with Crippen molar-refractivity contribution in [2.75, 3.05) is 75.0 Å². The second-order valence-corrected chi connectivity index (χ2v) is 11.2. The van der Waals surface area contributed by atoms with Crippen molar-refractivity contribution in [3.05, 3.63) is 0 Å². The van der Waals surface area contributed by atoms with Crippen molar-refractivity contribution in [1.29, 1.82) is 0 Å². The predicted molar refractivity (Wildman–Crippen MR) is 181 cm³/mol. The van der Waals surface area contributed by atoms with Crippen LogP contribution in [0.15, 0.2) is 0 Å². The van der Waals surface area contributed by atoms with Crippen molar-refractivity contribution in [3.63, 3.8) is 0 Å². The van der Waals surface area contributed by atoms with Gasteiger partial charge in [-0.25, -0.2) is 9.68 Å². The molecule has 0 radical (unpaired) electrons. The van der Waals surface area contributed by atoms with Crippen molar-refractivity contribution >= 4 is 17.8 Å². The third-order valence-electron chi connectivity index (χ3n) is 6.81. The Balaban J connectivity index is 3.49. The number of hydrogen-bond donors (Lipinski definition) is 0. The first-order chi connectivity index (χ1) is 22.1. The first-order valence-corrected chi connectivity index (χ1v) is 17.8. The van der Waals surface area contributed by atoms with E-state index in [1.165, 1.54) is 5.23 Å². The Morgan fingerprint density at radius 1 is 0.400 bits per heavy atom. The molecule has 264 valence electrons. The summed E-state index contributed by atoms with van der Waals surface area (Å²) in [6, 6.07) is 0. The first-order valence-electron chi connectivity index (χ1n) is 17.8. The zero-order valence-corrected chi connectivity index (χ0v) is 29.6. The van der Waals surface area contributed by atoms with Crippen molar-refractivity contribution in [2.45, 2.75) is 138 Å². The van der Waals surface area contributed by atoms with Gasteiger partial charge in [-0.3, -0.25) is 9.74 Å². The average Bonchev–Trinajstić information content (AvgIpc) is 3.06. The maximum absolute atomic E-state index is 6.21. The minimum atomic E-state index is 0.184.